The first-order valence-corrected chi connectivity index (χ1v) is 7.83. The van der Waals surface area contributed by atoms with Crippen LogP contribution in [0.2, 0.25) is 0 Å². The fraction of sp³-hybridized carbons (Fsp3) is 0.938. The average Bonchev–Trinajstić information content (AvgIpc) is 2.35. The molecule has 0 bridgehead atoms. The highest BCUT2D eigenvalue weighted by Crippen LogP contribution is 2.16. The second kappa shape index (κ2) is 9.35. The lowest BCUT2D eigenvalue weighted by atomic mass is 9.94. The van der Waals surface area contributed by atoms with Crippen LogP contribution in [-0.4, -0.2) is 49.2 Å². The van der Waals surface area contributed by atoms with Gasteiger partial charge in [-0.2, -0.15) is 0 Å². The molecule has 1 atom stereocenters. The van der Waals surface area contributed by atoms with E-state index < -0.39 is 5.54 Å². The Hall–Kier alpha value is -0.610. The molecule has 0 rings (SSSR count). The van der Waals surface area contributed by atoms with Crippen molar-refractivity contribution < 1.29 is 9.53 Å². The van der Waals surface area contributed by atoms with Gasteiger partial charge in [0.15, 0.2) is 0 Å². The van der Waals surface area contributed by atoms with Crippen LogP contribution in [0, 0.1) is 5.92 Å². The predicted molar refractivity (Wildman–Crippen MR) is 84.9 cm³/mol. The number of carbonyl (C=O) groups is 1. The summed E-state index contributed by atoms with van der Waals surface area (Å²) >= 11 is 0. The molecule has 0 aromatic rings. The molecule has 1 unspecified atom stereocenters. The lowest BCUT2D eigenvalue weighted by Gasteiger charge is -2.31. The van der Waals surface area contributed by atoms with Crippen LogP contribution in [0.5, 0.6) is 0 Å². The van der Waals surface area contributed by atoms with Gasteiger partial charge in [0.2, 0.25) is 0 Å². The SMILES string of the molecule is CCN(CCCC(C)(NC(C)C)C(=O)OC)CC(C)C. The summed E-state index contributed by atoms with van der Waals surface area (Å²) in [4.78, 5) is 14.4. The van der Waals surface area contributed by atoms with Crippen LogP contribution in [0.3, 0.4) is 0 Å². The van der Waals surface area contributed by atoms with Gasteiger partial charge in [-0.15, -0.1) is 0 Å². The number of carbonyl (C=O) groups excluding carboxylic acids is 1. The van der Waals surface area contributed by atoms with E-state index in [0.29, 0.717) is 5.92 Å². The lowest BCUT2D eigenvalue weighted by Crippen LogP contribution is -2.53. The molecular formula is C16H34N2O2. The Bertz CT molecular complexity index is 280. The maximum Gasteiger partial charge on any atom is 0.325 e. The number of esters is 1. The molecule has 4 heteroatoms. The molecule has 0 aromatic carbocycles. The molecule has 20 heavy (non-hydrogen) atoms. The van der Waals surface area contributed by atoms with E-state index in [2.05, 4.69) is 44.8 Å². The number of methoxy groups -OCH3 is 1. The van der Waals surface area contributed by atoms with Crippen molar-refractivity contribution in [2.24, 2.45) is 5.92 Å². The number of ether oxygens (including phenoxy) is 1. The highest BCUT2D eigenvalue weighted by atomic mass is 16.5. The maximum absolute atomic E-state index is 12.0. The van der Waals surface area contributed by atoms with E-state index in [-0.39, 0.29) is 12.0 Å². The number of hydrogen-bond donors (Lipinski definition) is 1. The zero-order valence-corrected chi connectivity index (χ0v) is 14.5. The monoisotopic (exact) mass is 286 g/mol. The van der Waals surface area contributed by atoms with Crippen LogP contribution in [0.15, 0.2) is 0 Å². The smallest absolute Gasteiger partial charge is 0.325 e. The van der Waals surface area contributed by atoms with Crippen LogP contribution >= 0.6 is 0 Å². The molecule has 0 heterocycles. The Kier molecular flexibility index (Phi) is 9.06. The molecule has 4 nitrogen and oxygen atoms in total. The van der Waals surface area contributed by atoms with E-state index >= 15 is 0 Å². The Balaban J connectivity index is 4.42. The van der Waals surface area contributed by atoms with Crippen molar-refractivity contribution in [3.63, 3.8) is 0 Å². The fourth-order valence-corrected chi connectivity index (χ4v) is 2.65. The number of nitrogens with zero attached hydrogens (tertiary/aromatic N) is 1. The van der Waals surface area contributed by atoms with Gasteiger partial charge in [-0.1, -0.05) is 20.8 Å². The van der Waals surface area contributed by atoms with Gasteiger partial charge < -0.3 is 9.64 Å². The summed E-state index contributed by atoms with van der Waals surface area (Å²) in [5, 5.41) is 3.35. The summed E-state index contributed by atoms with van der Waals surface area (Å²) in [5.74, 6) is 0.508. The van der Waals surface area contributed by atoms with E-state index in [4.69, 9.17) is 4.74 Å². The van der Waals surface area contributed by atoms with E-state index in [0.717, 1.165) is 32.5 Å². The Labute approximate surface area is 125 Å². The third-order valence-electron chi connectivity index (χ3n) is 3.46. The highest BCUT2D eigenvalue weighted by molar-refractivity contribution is 5.80. The zero-order chi connectivity index (χ0) is 15.8. The summed E-state index contributed by atoms with van der Waals surface area (Å²) in [6.07, 6.45) is 1.79. The van der Waals surface area contributed by atoms with E-state index in [1.54, 1.807) is 0 Å². The van der Waals surface area contributed by atoms with E-state index in [1.807, 2.05) is 6.92 Å². The first-order valence-electron chi connectivity index (χ1n) is 7.83. The molecule has 0 radical (unpaired) electrons. The zero-order valence-electron chi connectivity index (χ0n) is 14.5. The average molecular weight is 286 g/mol. The highest BCUT2D eigenvalue weighted by Gasteiger charge is 2.34. The van der Waals surface area contributed by atoms with Gasteiger partial charge in [-0.25, -0.2) is 0 Å². The minimum Gasteiger partial charge on any atom is -0.468 e. The van der Waals surface area contributed by atoms with Gasteiger partial charge in [0.05, 0.1) is 7.11 Å². The van der Waals surface area contributed by atoms with E-state index in [1.165, 1.54) is 7.11 Å². The van der Waals surface area contributed by atoms with Gasteiger partial charge in [-0.05, 0) is 52.6 Å². The quantitative estimate of drug-likeness (QED) is 0.627. The Morgan fingerprint density at radius 3 is 2.30 bits per heavy atom. The number of hydrogen-bond acceptors (Lipinski definition) is 4. The molecule has 0 aromatic heterocycles. The summed E-state index contributed by atoms with van der Waals surface area (Å²) < 4.78 is 4.95. The largest absolute Gasteiger partial charge is 0.468 e. The Morgan fingerprint density at radius 1 is 1.30 bits per heavy atom. The van der Waals surface area contributed by atoms with Crippen LogP contribution in [0.4, 0.5) is 0 Å². The van der Waals surface area contributed by atoms with Crippen molar-refractivity contribution in [2.45, 2.75) is 66.0 Å². The van der Waals surface area contributed by atoms with Crippen LogP contribution < -0.4 is 5.32 Å². The maximum atomic E-state index is 12.0. The van der Waals surface area contributed by atoms with Crippen molar-refractivity contribution in [3.8, 4) is 0 Å². The minimum atomic E-state index is -0.583. The van der Waals surface area contributed by atoms with E-state index in [9.17, 15) is 4.79 Å². The van der Waals surface area contributed by atoms with Gasteiger partial charge in [0, 0.05) is 12.6 Å². The summed E-state index contributed by atoms with van der Waals surface area (Å²) in [5.41, 5.74) is -0.583. The van der Waals surface area contributed by atoms with Gasteiger partial charge >= 0.3 is 5.97 Å². The first-order chi connectivity index (χ1) is 9.25. The van der Waals surface area contributed by atoms with Crippen LogP contribution in [0.25, 0.3) is 0 Å². The predicted octanol–water partition coefficient (Wildman–Crippen LogP) is 2.67. The number of rotatable bonds is 10. The van der Waals surface area contributed by atoms with Crippen molar-refractivity contribution in [1.82, 2.24) is 10.2 Å². The van der Waals surface area contributed by atoms with Crippen molar-refractivity contribution in [1.29, 1.82) is 0 Å². The fourth-order valence-electron chi connectivity index (χ4n) is 2.65. The summed E-state index contributed by atoms with van der Waals surface area (Å²) in [7, 11) is 1.46. The molecule has 0 fully saturated rings. The second-order valence-corrected chi connectivity index (χ2v) is 6.51. The van der Waals surface area contributed by atoms with Crippen molar-refractivity contribution in [2.75, 3.05) is 26.7 Å². The minimum absolute atomic E-state index is 0.168. The third kappa shape index (κ3) is 7.25. The first kappa shape index (κ1) is 19.4. The summed E-state index contributed by atoms with van der Waals surface area (Å²) in [6.45, 7) is 15.9. The molecule has 0 aliphatic rings. The van der Waals surface area contributed by atoms with Gasteiger partial charge in [0.25, 0.3) is 0 Å². The standard InChI is InChI=1S/C16H34N2O2/c1-8-18(12-13(2)3)11-9-10-16(6,15(19)20-7)17-14(4)5/h13-14,17H,8-12H2,1-7H3. The van der Waals surface area contributed by atoms with Gasteiger partial charge in [-0.3, -0.25) is 10.1 Å². The lowest BCUT2D eigenvalue weighted by molar-refractivity contribution is -0.148. The number of nitrogens with one attached hydrogen (secondary N) is 1. The molecule has 0 amide bonds. The molecule has 120 valence electrons. The summed E-state index contributed by atoms with van der Waals surface area (Å²) in [6, 6.07) is 0.261. The molecule has 0 spiro atoms. The topological polar surface area (TPSA) is 41.6 Å². The molecular weight excluding hydrogens is 252 g/mol. The molecule has 1 N–H and O–H groups in total. The van der Waals surface area contributed by atoms with Crippen LogP contribution in [-0.2, 0) is 9.53 Å². The van der Waals surface area contributed by atoms with Gasteiger partial charge in [0.1, 0.15) is 5.54 Å². The van der Waals surface area contributed by atoms with Crippen LogP contribution in [0.1, 0.15) is 54.4 Å². The third-order valence-corrected chi connectivity index (χ3v) is 3.46. The Morgan fingerprint density at radius 2 is 1.90 bits per heavy atom. The molecule has 0 aliphatic heterocycles. The molecule has 0 aliphatic carbocycles. The van der Waals surface area contributed by atoms with Crippen molar-refractivity contribution in [3.05, 3.63) is 0 Å². The molecule has 0 saturated heterocycles. The molecule has 0 saturated carbocycles. The normalized spacial score (nSPS) is 14.9. The van der Waals surface area contributed by atoms with Crippen molar-refractivity contribution >= 4 is 5.97 Å². The second-order valence-electron chi connectivity index (χ2n) is 6.51.